The van der Waals surface area contributed by atoms with Crippen LogP contribution >= 0.6 is 0 Å². The van der Waals surface area contributed by atoms with Gasteiger partial charge >= 0.3 is 5.97 Å². The lowest BCUT2D eigenvalue weighted by molar-refractivity contribution is -0.225. The Bertz CT molecular complexity index is 220. The maximum Gasteiger partial charge on any atom is 0.335 e. The van der Waals surface area contributed by atoms with Crippen molar-refractivity contribution in [3.8, 4) is 0 Å². The van der Waals surface area contributed by atoms with Gasteiger partial charge in [0.05, 0.1) is 6.10 Å². The number of aliphatic carboxylic acids is 1. The van der Waals surface area contributed by atoms with Crippen molar-refractivity contribution in [2.24, 2.45) is 5.73 Å². The van der Waals surface area contributed by atoms with Gasteiger partial charge in [-0.25, -0.2) is 4.79 Å². The van der Waals surface area contributed by atoms with Gasteiger partial charge in [-0.05, 0) is 0 Å². The predicted molar refractivity (Wildman–Crippen MR) is 43.4 cm³/mol. The van der Waals surface area contributed by atoms with Gasteiger partial charge in [-0.15, -0.1) is 0 Å². The number of hydrogen-bond acceptors (Lipinski definition) is 6. The van der Waals surface area contributed by atoms with Gasteiger partial charge in [0.2, 0.25) is 0 Å². The average Bonchev–Trinajstić information content (AvgIpc) is 2.14. The number of carboxylic acid groups (broad SMARTS) is 1. The molecule has 1 rings (SSSR count). The number of ether oxygens (including phenoxy) is 1. The highest BCUT2D eigenvalue weighted by Gasteiger charge is 2.46. The second-order valence-electron chi connectivity index (χ2n) is 3.14. The van der Waals surface area contributed by atoms with Crippen LogP contribution in [0.1, 0.15) is 0 Å². The van der Waals surface area contributed by atoms with Crippen molar-refractivity contribution in [2.45, 2.75) is 30.5 Å². The molecule has 5 unspecified atom stereocenters. The number of hydrogen-bond donors (Lipinski definition) is 5. The highest BCUT2D eigenvalue weighted by Crippen LogP contribution is 2.20. The molecule has 6 N–H and O–H groups in total. The van der Waals surface area contributed by atoms with Crippen LogP contribution in [0.4, 0.5) is 0 Å². The summed E-state index contributed by atoms with van der Waals surface area (Å²) in [6, 6.07) is 0. The molecule has 0 aliphatic carbocycles. The molecule has 0 aromatic carbocycles. The molecule has 5 atom stereocenters. The molecule has 0 amide bonds. The van der Waals surface area contributed by atoms with Crippen LogP contribution in [0, 0.1) is 0 Å². The Morgan fingerprint density at radius 1 is 1.21 bits per heavy atom. The summed E-state index contributed by atoms with van der Waals surface area (Å²) in [5.41, 5.74) is 5.19. The van der Waals surface area contributed by atoms with Gasteiger partial charge in [-0.2, -0.15) is 0 Å². The first-order valence-corrected chi connectivity index (χ1v) is 4.11. The van der Waals surface area contributed by atoms with Crippen LogP contribution in [0.5, 0.6) is 0 Å². The lowest BCUT2D eigenvalue weighted by atomic mass is 9.95. The highest BCUT2D eigenvalue weighted by atomic mass is 16.6. The molecule has 1 fully saturated rings. The van der Waals surface area contributed by atoms with Gasteiger partial charge in [0, 0.05) is 6.54 Å². The van der Waals surface area contributed by atoms with E-state index >= 15 is 0 Å². The smallest absolute Gasteiger partial charge is 0.335 e. The van der Waals surface area contributed by atoms with E-state index in [0.717, 1.165) is 0 Å². The van der Waals surface area contributed by atoms with Gasteiger partial charge in [-0.3, -0.25) is 0 Å². The minimum Gasteiger partial charge on any atom is -0.479 e. The first kappa shape index (κ1) is 11.3. The van der Waals surface area contributed by atoms with Crippen molar-refractivity contribution in [1.29, 1.82) is 0 Å². The predicted octanol–water partition coefficient (Wildman–Crippen LogP) is -3.12. The topological polar surface area (TPSA) is 133 Å². The van der Waals surface area contributed by atoms with Crippen LogP contribution < -0.4 is 5.73 Å². The molecule has 82 valence electrons. The molecule has 7 heteroatoms. The molecule has 0 aromatic heterocycles. The van der Waals surface area contributed by atoms with E-state index in [9.17, 15) is 20.1 Å². The van der Waals surface area contributed by atoms with Crippen LogP contribution in [-0.4, -0.2) is 63.5 Å². The third-order valence-corrected chi connectivity index (χ3v) is 2.19. The Hall–Kier alpha value is -0.730. The Morgan fingerprint density at radius 2 is 1.79 bits per heavy atom. The molecule has 1 aliphatic heterocycles. The fraction of sp³-hybridized carbons (Fsp3) is 0.857. The summed E-state index contributed by atoms with van der Waals surface area (Å²) >= 11 is 0. The summed E-state index contributed by atoms with van der Waals surface area (Å²) in [7, 11) is 0. The van der Waals surface area contributed by atoms with Gasteiger partial charge in [-0.1, -0.05) is 0 Å². The zero-order chi connectivity index (χ0) is 10.9. The average molecular weight is 207 g/mol. The van der Waals surface area contributed by atoms with E-state index in [1.165, 1.54) is 0 Å². The Balaban J connectivity index is 2.78. The van der Waals surface area contributed by atoms with E-state index < -0.39 is 36.5 Å². The molecule has 7 nitrogen and oxygen atoms in total. The van der Waals surface area contributed by atoms with E-state index in [2.05, 4.69) is 0 Å². The van der Waals surface area contributed by atoms with Crippen molar-refractivity contribution >= 4 is 5.97 Å². The molecule has 14 heavy (non-hydrogen) atoms. The third kappa shape index (κ3) is 1.86. The summed E-state index contributed by atoms with van der Waals surface area (Å²) < 4.78 is 4.81. The number of rotatable bonds is 2. The van der Waals surface area contributed by atoms with Crippen molar-refractivity contribution in [1.82, 2.24) is 0 Å². The van der Waals surface area contributed by atoms with E-state index in [4.69, 9.17) is 15.6 Å². The standard InChI is InChI=1S/C7H13NO6/c8-1-2-3(9)4(10)5(11)6(14-2)7(12)13/h2-6,9-11H,1,8H2,(H,12,13). The Morgan fingerprint density at radius 3 is 2.21 bits per heavy atom. The summed E-state index contributed by atoms with van der Waals surface area (Å²) in [6.45, 7) is -0.130. The lowest BCUT2D eigenvalue weighted by Gasteiger charge is -2.38. The van der Waals surface area contributed by atoms with E-state index in [1.54, 1.807) is 0 Å². The number of carboxylic acids is 1. The molecule has 0 aromatic rings. The van der Waals surface area contributed by atoms with Gasteiger partial charge in [0.25, 0.3) is 0 Å². The van der Waals surface area contributed by atoms with Crippen LogP contribution in [0.3, 0.4) is 0 Å². The number of carbonyl (C=O) groups is 1. The molecule has 0 saturated carbocycles. The minimum absolute atomic E-state index is 0.130. The quantitative estimate of drug-likeness (QED) is 0.323. The maximum absolute atomic E-state index is 10.6. The molecular weight excluding hydrogens is 194 g/mol. The number of nitrogens with two attached hydrogens (primary N) is 1. The fourth-order valence-corrected chi connectivity index (χ4v) is 1.35. The van der Waals surface area contributed by atoms with Crippen molar-refractivity contribution in [3.05, 3.63) is 0 Å². The summed E-state index contributed by atoms with van der Waals surface area (Å²) in [6.07, 6.45) is -7.11. The third-order valence-electron chi connectivity index (χ3n) is 2.19. The maximum atomic E-state index is 10.6. The summed E-state index contributed by atoms with van der Waals surface area (Å²) in [4.78, 5) is 10.6. The number of aliphatic hydroxyl groups is 3. The molecular formula is C7H13NO6. The van der Waals surface area contributed by atoms with Crippen molar-refractivity contribution in [2.75, 3.05) is 6.54 Å². The highest BCUT2D eigenvalue weighted by molar-refractivity contribution is 5.73. The minimum atomic E-state index is -1.65. The SMILES string of the molecule is NCC1OC(C(=O)O)C(O)C(O)C1O. The molecule has 0 bridgehead atoms. The first-order chi connectivity index (χ1) is 6.49. The largest absolute Gasteiger partial charge is 0.479 e. The second kappa shape index (κ2) is 4.20. The first-order valence-electron chi connectivity index (χ1n) is 4.11. The lowest BCUT2D eigenvalue weighted by Crippen LogP contribution is -2.61. The van der Waals surface area contributed by atoms with E-state index in [0.29, 0.717) is 0 Å². The molecule has 0 radical (unpaired) electrons. The normalized spacial score (nSPS) is 43.6. The van der Waals surface area contributed by atoms with E-state index in [1.807, 2.05) is 0 Å². The molecule has 0 spiro atoms. The summed E-state index contributed by atoms with van der Waals surface area (Å²) in [5.74, 6) is -1.40. The zero-order valence-electron chi connectivity index (χ0n) is 7.28. The summed E-state index contributed by atoms with van der Waals surface area (Å²) in [5, 5.41) is 36.4. The molecule has 1 aliphatic rings. The van der Waals surface area contributed by atoms with Crippen LogP contribution in [-0.2, 0) is 9.53 Å². The van der Waals surface area contributed by atoms with Crippen molar-refractivity contribution < 1.29 is 30.0 Å². The fourth-order valence-electron chi connectivity index (χ4n) is 1.35. The van der Waals surface area contributed by atoms with Crippen molar-refractivity contribution in [3.63, 3.8) is 0 Å². The van der Waals surface area contributed by atoms with Crippen LogP contribution in [0.15, 0.2) is 0 Å². The monoisotopic (exact) mass is 207 g/mol. The number of aliphatic hydroxyl groups excluding tert-OH is 3. The van der Waals surface area contributed by atoms with E-state index in [-0.39, 0.29) is 6.54 Å². The van der Waals surface area contributed by atoms with Gasteiger partial charge < -0.3 is 30.9 Å². The van der Waals surface area contributed by atoms with Crippen LogP contribution in [0.2, 0.25) is 0 Å². The second-order valence-corrected chi connectivity index (χ2v) is 3.14. The molecule has 1 heterocycles. The van der Waals surface area contributed by atoms with Gasteiger partial charge in [0.1, 0.15) is 18.3 Å². The Labute approximate surface area is 79.7 Å². The Kier molecular flexibility index (Phi) is 3.40. The van der Waals surface area contributed by atoms with Gasteiger partial charge in [0.15, 0.2) is 6.10 Å². The van der Waals surface area contributed by atoms with Crippen LogP contribution in [0.25, 0.3) is 0 Å². The zero-order valence-corrected chi connectivity index (χ0v) is 7.28. The molecule has 1 saturated heterocycles.